The maximum atomic E-state index is 11.2. The Balaban J connectivity index is 0.00000264. The van der Waals surface area contributed by atoms with Crippen LogP contribution in [0.4, 0.5) is 5.69 Å². The van der Waals surface area contributed by atoms with Crippen molar-refractivity contribution in [2.45, 2.75) is 25.7 Å². The van der Waals surface area contributed by atoms with Gasteiger partial charge in [0.05, 0.1) is 5.75 Å². The molecule has 130 valence electrons. The van der Waals surface area contributed by atoms with Crippen molar-refractivity contribution in [3.63, 3.8) is 0 Å². The van der Waals surface area contributed by atoms with Crippen LogP contribution in [0.5, 0.6) is 0 Å². The van der Waals surface area contributed by atoms with Gasteiger partial charge in [-0.1, -0.05) is 18.2 Å². The van der Waals surface area contributed by atoms with Gasteiger partial charge in [0, 0.05) is 31.6 Å². The highest BCUT2D eigenvalue weighted by atomic mass is 127. The molecule has 1 fully saturated rings. The van der Waals surface area contributed by atoms with Crippen molar-refractivity contribution in [2.24, 2.45) is 4.99 Å². The first-order valence-electron chi connectivity index (χ1n) is 7.84. The summed E-state index contributed by atoms with van der Waals surface area (Å²) in [6.45, 7) is 2.54. The summed E-state index contributed by atoms with van der Waals surface area (Å²) in [6.07, 6.45) is 5.46. The standard InChI is InChI=1S/C16H25N3O2S.HI/c1-22(20,21)14-8-11-17-16(19-12-6-3-7-13-19)18-15-9-4-2-5-10-15;/h2,4-5,9-10H,3,6-8,11-14H2,1H3,(H,17,18);1H. The van der Waals surface area contributed by atoms with Crippen LogP contribution in [0.3, 0.4) is 0 Å². The number of hydrogen-bond donors (Lipinski definition) is 1. The van der Waals surface area contributed by atoms with Crippen molar-refractivity contribution >= 4 is 45.5 Å². The first kappa shape index (κ1) is 20.2. The molecule has 0 aliphatic carbocycles. The number of para-hydroxylation sites is 1. The van der Waals surface area contributed by atoms with E-state index in [0.29, 0.717) is 13.0 Å². The fourth-order valence-electron chi connectivity index (χ4n) is 2.49. The maximum absolute atomic E-state index is 11.2. The molecule has 1 N–H and O–H groups in total. The number of benzene rings is 1. The lowest BCUT2D eigenvalue weighted by Crippen LogP contribution is -2.40. The lowest BCUT2D eigenvalue weighted by molar-refractivity contribution is 0.340. The molecule has 0 aromatic heterocycles. The van der Waals surface area contributed by atoms with Gasteiger partial charge in [-0.05, 0) is 37.8 Å². The number of anilines is 1. The third-order valence-electron chi connectivity index (χ3n) is 3.62. The quantitative estimate of drug-likeness (QED) is 0.324. The van der Waals surface area contributed by atoms with E-state index in [1.807, 2.05) is 30.3 Å². The van der Waals surface area contributed by atoms with E-state index in [1.165, 1.54) is 25.5 Å². The Labute approximate surface area is 156 Å². The van der Waals surface area contributed by atoms with Crippen molar-refractivity contribution in [1.29, 1.82) is 0 Å². The number of likely N-dealkylation sites (tertiary alicyclic amines) is 1. The number of halogens is 1. The van der Waals surface area contributed by atoms with E-state index >= 15 is 0 Å². The van der Waals surface area contributed by atoms with Crippen LogP contribution in [0.15, 0.2) is 35.3 Å². The van der Waals surface area contributed by atoms with Gasteiger partial charge in [-0.2, -0.15) is 0 Å². The number of aliphatic imine (C=N–C) groups is 1. The summed E-state index contributed by atoms with van der Waals surface area (Å²) >= 11 is 0. The Bertz CT molecular complexity index is 585. The van der Waals surface area contributed by atoms with E-state index < -0.39 is 9.84 Å². The smallest absolute Gasteiger partial charge is 0.198 e. The fraction of sp³-hybridized carbons (Fsp3) is 0.562. The van der Waals surface area contributed by atoms with Crippen LogP contribution in [0.2, 0.25) is 0 Å². The summed E-state index contributed by atoms with van der Waals surface area (Å²) in [7, 11) is -2.91. The topological polar surface area (TPSA) is 61.8 Å². The van der Waals surface area contributed by atoms with E-state index in [9.17, 15) is 8.42 Å². The molecule has 0 amide bonds. The van der Waals surface area contributed by atoms with Crippen LogP contribution in [0.25, 0.3) is 0 Å². The van der Waals surface area contributed by atoms with Crippen molar-refractivity contribution in [2.75, 3.05) is 37.0 Å². The zero-order chi connectivity index (χ0) is 15.8. The molecule has 0 atom stereocenters. The number of hydrogen-bond acceptors (Lipinski definition) is 3. The first-order chi connectivity index (χ1) is 10.5. The monoisotopic (exact) mass is 451 g/mol. The highest BCUT2D eigenvalue weighted by Crippen LogP contribution is 2.12. The molecule has 1 heterocycles. The molecular formula is C16H26IN3O2S. The van der Waals surface area contributed by atoms with Gasteiger partial charge in [0.25, 0.3) is 0 Å². The van der Waals surface area contributed by atoms with Crippen LogP contribution in [-0.2, 0) is 9.84 Å². The van der Waals surface area contributed by atoms with Crippen LogP contribution in [0, 0.1) is 0 Å². The fourth-order valence-corrected chi connectivity index (χ4v) is 3.14. The van der Waals surface area contributed by atoms with Gasteiger partial charge in [-0.15, -0.1) is 24.0 Å². The van der Waals surface area contributed by atoms with Crippen molar-refractivity contribution in [3.8, 4) is 0 Å². The first-order valence-corrected chi connectivity index (χ1v) is 9.90. The Morgan fingerprint density at radius 1 is 1.17 bits per heavy atom. The molecule has 5 nitrogen and oxygen atoms in total. The average Bonchev–Trinajstić information content (AvgIpc) is 2.51. The van der Waals surface area contributed by atoms with Gasteiger partial charge in [0.2, 0.25) is 0 Å². The Morgan fingerprint density at radius 3 is 2.43 bits per heavy atom. The zero-order valence-corrected chi connectivity index (χ0v) is 16.7. The number of piperidine rings is 1. The normalized spacial score (nSPS) is 15.9. The molecule has 7 heteroatoms. The molecule has 1 aliphatic rings. The minimum Gasteiger partial charge on any atom is -0.343 e. The highest BCUT2D eigenvalue weighted by molar-refractivity contribution is 14.0. The molecule has 1 aromatic carbocycles. The predicted octanol–water partition coefficient (Wildman–Crippen LogP) is 2.99. The van der Waals surface area contributed by atoms with Crippen molar-refractivity contribution < 1.29 is 8.42 Å². The second-order valence-corrected chi connectivity index (χ2v) is 7.99. The Morgan fingerprint density at radius 2 is 1.83 bits per heavy atom. The molecule has 0 unspecified atom stereocenters. The molecule has 1 saturated heterocycles. The summed E-state index contributed by atoms with van der Waals surface area (Å²) in [4.78, 5) is 6.87. The van der Waals surface area contributed by atoms with Gasteiger partial charge >= 0.3 is 0 Å². The number of sulfone groups is 1. The average molecular weight is 451 g/mol. The van der Waals surface area contributed by atoms with E-state index in [-0.39, 0.29) is 29.7 Å². The number of nitrogens with zero attached hydrogens (tertiary/aromatic N) is 2. The Kier molecular flexibility index (Phi) is 8.90. The largest absolute Gasteiger partial charge is 0.343 e. The van der Waals surface area contributed by atoms with Crippen LogP contribution in [-0.4, -0.2) is 50.9 Å². The van der Waals surface area contributed by atoms with Gasteiger partial charge in [-0.3, -0.25) is 4.99 Å². The van der Waals surface area contributed by atoms with Crippen molar-refractivity contribution in [3.05, 3.63) is 30.3 Å². The summed E-state index contributed by atoms with van der Waals surface area (Å²) in [5.41, 5.74) is 1.01. The van der Waals surface area contributed by atoms with Gasteiger partial charge in [0.1, 0.15) is 9.84 Å². The number of nitrogens with one attached hydrogen (secondary N) is 1. The maximum Gasteiger partial charge on any atom is 0.198 e. The summed E-state index contributed by atoms with van der Waals surface area (Å²) < 4.78 is 22.4. The molecule has 1 aromatic rings. The van der Waals surface area contributed by atoms with Gasteiger partial charge in [0.15, 0.2) is 5.96 Å². The van der Waals surface area contributed by atoms with Crippen molar-refractivity contribution in [1.82, 2.24) is 4.90 Å². The second kappa shape index (κ2) is 10.1. The zero-order valence-electron chi connectivity index (χ0n) is 13.6. The number of rotatable bonds is 5. The third kappa shape index (κ3) is 8.01. The molecule has 2 rings (SSSR count). The molecule has 23 heavy (non-hydrogen) atoms. The lowest BCUT2D eigenvalue weighted by Gasteiger charge is -2.30. The van der Waals surface area contributed by atoms with Gasteiger partial charge < -0.3 is 10.2 Å². The summed E-state index contributed by atoms with van der Waals surface area (Å²) in [5, 5.41) is 3.37. The predicted molar refractivity (Wildman–Crippen MR) is 108 cm³/mol. The molecular weight excluding hydrogens is 425 g/mol. The third-order valence-corrected chi connectivity index (χ3v) is 4.65. The molecule has 0 saturated carbocycles. The Hall–Kier alpha value is -0.830. The SMILES string of the molecule is CS(=O)(=O)CCCN=C(Nc1ccccc1)N1CCCCC1.I. The van der Waals surface area contributed by atoms with E-state index in [1.54, 1.807) is 0 Å². The van der Waals surface area contributed by atoms with E-state index in [2.05, 4.69) is 15.2 Å². The molecule has 0 spiro atoms. The highest BCUT2D eigenvalue weighted by Gasteiger charge is 2.15. The van der Waals surface area contributed by atoms with E-state index in [4.69, 9.17) is 0 Å². The summed E-state index contributed by atoms with van der Waals surface area (Å²) in [6, 6.07) is 9.97. The lowest BCUT2D eigenvalue weighted by atomic mass is 10.1. The van der Waals surface area contributed by atoms with Crippen LogP contribution in [0.1, 0.15) is 25.7 Å². The van der Waals surface area contributed by atoms with Gasteiger partial charge in [-0.25, -0.2) is 8.42 Å². The minimum absolute atomic E-state index is 0. The van der Waals surface area contributed by atoms with E-state index in [0.717, 1.165) is 24.7 Å². The minimum atomic E-state index is -2.91. The molecule has 0 radical (unpaired) electrons. The second-order valence-electron chi connectivity index (χ2n) is 5.73. The molecule has 1 aliphatic heterocycles. The van der Waals surface area contributed by atoms with Crippen LogP contribution >= 0.6 is 24.0 Å². The number of guanidine groups is 1. The molecule has 0 bridgehead atoms. The van der Waals surface area contributed by atoms with Crippen LogP contribution < -0.4 is 5.32 Å². The summed E-state index contributed by atoms with van der Waals surface area (Å²) in [5.74, 6) is 1.05.